The van der Waals surface area contributed by atoms with Crippen molar-refractivity contribution in [2.45, 2.75) is 19.3 Å². The van der Waals surface area contributed by atoms with Crippen LogP contribution in [0.3, 0.4) is 0 Å². The Morgan fingerprint density at radius 2 is 1.94 bits per heavy atom. The molecule has 0 saturated heterocycles. The third-order valence-electron chi connectivity index (χ3n) is 3.27. The number of nitrogens with zero attached hydrogens (tertiary/aromatic N) is 1. The maximum absolute atomic E-state index is 4.58. The maximum Gasteiger partial charge on any atom is 0.0694 e. The van der Waals surface area contributed by atoms with Crippen LogP contribution >= 0.6 is 15.9 Å². The molecular weight excluding hydrogens is 286 g/mol. The number of allylic oxidation sites excluding steroid dienone is 1. The van der Waals surface area contributed by atoms with Crippen molar-refractivity contribution < 1.29 is 0 Å². The Morgan fingerprint density at radius 1 is 1.11 bits per heavy atom. The topological polar surface area (TPSA) is 12.9 Å². The van der Waals surface area contributed by atoms with Gasteiger partial charge in [-0.3, -0.25) is 4.98 Å². The monoisotopic (exact) mass is 299 g/mol. The molecule has 1 nitrogen and oxygen atoms in total. The van der Waals surface area contributed by atoms with Crippen LogP contribution in [0.25, 0.3) is 11.6 Å². The maximum atomic E-state index is 4.58. The number of aryl methyl sites for hydroxylation is 1. The highest BCUT2D eigenvalue weighted by Crippen LogP contribution is 2.31. The summed E-state index contributed by atoms with van der Waals surface area (Å²) < 4.78 is 1.07. The zero-order valence-electron chi connectivity index (χ0n) is 10.1. The molecule has 0 bridgehead atoms. The van der Waals surface area contributed by atoms with Crippen LogP contribution in [0.5, 0.6) is 0 Å². The Balaban J connectivity index is 2.04. The van der Waals surface area contributed by atoms with E-state index in [0.717, 1.165) is 17.3 Å². The number of benzene rings is 1. The molecule has 1 aliphatic rings. The highest BCUT2D eigenvalue weighted by molar-refractivity contribution is 9.10. The zero-order valence-corrected chi connectivity index (χ0v) is 11.7. The van der Waals surface area contributed by atoms with Gasteiger partial charge in [0.25, 0.3) is 0 Å². The minimum absolute atomic E-state index is 1.07. The van der Waals surface area contributed by atoms with Crippen LogP contribution in [0.4, 0.5) is 0 Å². The first-order chi connectivity index (χ1) is 8.83. The normalized spacial score (nSPS) is 16.6. The van der Waals surface area contributed by atoms with E-state index in [1.807, 2.05) is 12.3 Å². The van der Waals surface area contributed by atoms with Gasteiger partial charge in [0.1, 0.15) is 0 Å². The van der Waals surface area contributed by atoms with Gasteiger partial charge in [0, 0.05) is 10.7 Å². The van der Waals surface area contributed by atoms with Gasteiger partial charge in [0.05, 0.1) is 5.69 Å². The van der Waals surface area contributed by atoms with E-state index < -0.39 is 0 Å². The number of hydrogen-bond acceptors (Lipinski definition) is 1. The Morgan fingerprint density at radius 3 is 2.78 bits per heavy atom. The van der Waals surface area contributed by atoms with Crippen molar-refractivity contribution >= 4 is 27.6 Å². The Labute approximate surface area is 116 Å². The lowest BCUT2D eigenvalue weighted by Gasteiger charge is -2.18. The predicted octanol–water partition coefficient (Wildman–Crippen LogP) is 4.72. The second-order valence-corrected chi connectivity index (χ2v) is 5.51. The fourth-order valence-electron chi connectivity index (χ4n) is 2.44. The molecule has 0 N–H and O–H groups in total. The van der Waals surface area contributed by atoms with Crippen molar-refractivity contribution in [3.05, 3.63) is 63.9 Å². The molecule has 0 unspecified atom stereocenters. The SMILES string of the molecule is Brc1cnc2c(c1)CCC/C2=C/c1ccccc1. The number of halogens is 1. The van der Waals surface area contributed by atoms with Gasteiger partial charge in [0.2, 0.25) is 0 Å². The number of pyridine rings is 1. The minimum Gasteiger partial charge on any atom is -0.255 e. The summed E-state index contributed by atoms with van der Waals surface area (Å²) in [5.74, 6) is 0. The standard InChI is InChI=1S/C16H14BrN/c17-15-10-14-8-4-7-13(16(14)18-11-15)9-12-5-2-1-3-6-12/h1-3,5-6,9-11H,4,7-8H2/b13-9-. The van der Waals surface area contributed by atoms with Gasteiger partial charge in [-0.25, -0.2) is 0 Å². The second kappa shape index (κ2) is 5.07. The third kappa shape index (κ3) is 2.39. The average molecular weight is 300 g/mol. The third-order valence-corrected chi connectivity index (χ3v) is 3.70. The van der Waals surface area contributed by atoms with Crippen molar-refractivity contribution in [2.24, 2.45) is 0 Å². The number of hydrogen-bond donors (Lipinski definition) is 0. The summed E-state index contributed by atoms with van der Waals surface area (Å²) in [6.45, 7) is 0. The minimum atomic E-state index is 1.07. The summed E-state index contributed by atoms with van der Waals surface area (Å²) >= 11 is 3.50. The van der Waals surface area contributed by atoms with E-state index in [4.69, 9.17) is 0 Å². The predicted molar refractivity (Wildman–Crippen MR) is 79.2 cm³/mol. The molecule has 1 aromatic heterocycles. The molecule has 0 spiro atoms. The second-order valence-electron chi connectivity index (χ2n) is 4.60. The number of aromatic nitrogens is 1. The summed E-state index contributed by atoms with van der Waals surface area (Å²) in [6, 6.07) is 12.7. The van der Waals surface area contributed by atoms with Crippen molar-refractivity contribution in [1.29, 1.82) is 0 Å². The molecule has 0 aliphatic heterocycles. The van der Waals surface area contributed by atoms with Crippen LogP contribution in [0.1, 0.15) is 29.7 Å². The molecule has 0 fully saturated rings. The van der Waals surface area contributed by atoms with Crippen molar-refractivity contribution in [3.63, 3.8) is 0 Å². The lowest BCUT2D eigenvalue weighted by Crippen LogP contribution is -2.04. The van der Waals surface area contributed by atoms with Gasteiger partial charge in [-0.05, 0) is 64.0 Å². The van der Waals surface area contributed by atoms with Gasteiger partial charge < -0.3 is 0 Å². The lowest BCUT2D eigenvalue weighted by molar-refractivity contribution is 0.810. The van der Waals surface area contributed by atoms with E-state index in [1.54, 1.807) is 0 Å². The molecule has 2 heteroatoms. The van der Waals surface area contributed by atoms with Crippen LogP contribution in [0, 0.1) is 0 Å². The van der Waals surface area contributed by atoms with Gasteiger partial charge in [-0.1, -0.05) is 30.3 Å². The highest BCUT2D eigenvalue weighted by atomic mass is 79.9. The van der Waals surface area contributed by atoms with Gasteiger partial charge >= 0.3 is 0 Å². The molecule has 0 radical (unpaired) electrons. The van der Waals surface area contributed by atoms with Gasteiger partial charge in [0.15, 0.2) is 0 Å². The molecule has 0 atom stereocenters. The molecule has 18 heavy (non-hydrogen) atoms. The summed E-state index contributed by atoms with van der Waals surface area (Å²) in [5, 5.41) is 0. The fraction of sp³-hybridized carbons (Fsp3) is 0.188. The first-order valence-corrected chi connectivity index (χ1v) is 7.02. The number of fused-ring (bicyclic) bond motifs is 1. The van der Waals surface area contributed by atoms with E-state index in [1.165, 1.54) is 28.8 Å². The Hall–Kier alpha value is -1.41. The molecule has 1 aromatic carbocycles. The molecule has 0 amide bonds. The van der Waals surface area contributed by atoms with Crippen LogP contribution < -0.4 is 0 Å². The molecule has 1 aliphatic carbocycles. The summed E-state index contributed by atoms with van der Waals surface area (Å²) in [6.07, 6.45) is 7.62. The van der Waals surface area contributed by atoms with E-state index in [2.05, 4.69) is 57.3 Å². The summed E-state index contributed by atoms with van der Waals surface area (Å²) in [5.41, 5.74) is 5.14. The summed E-state index contributed by atoms with van der Waals surface area (Å²) in [7, 11) is 0. The van der Waals surface area contributed by atoms with E-state index >= 15 is 0 Å². The average Bonchev–Trinajstić information content (AvgIpc) is 2.40. The molecule has 0 saturated carbocycles. The summed E-state index contributed by atoms with van der Waals surface area (Å²) in [4.78, 5) is 4.58. The molecule has 1 heterocycles. The van der Waals surface area contributed by atoms with Crippen molar-refractivity contribution in [1.82, 2.24) is 4.98 Å². The van der Waals surface area contributed by atoms with Crippen LogP contribution in [-0.4, -0.2) is 4.98 Å². The van der Waals surface area contributed by atoms with E-state index in [9.17, 15) is 0 Å². The van der Waals surface area contributed by atoms with Crippen LogP contribution in [0.2, 0.25) is 0 Å². The van der Waals surface area contributed by atoms with Crippen molar-refractivity contribution in [2.75, 3.05) is 0 Å². The van der Waals surface area contributed by atoms with Crippen LogP contribution in [-0.2, 0) is 6.42 Å². The largest absolute Gasteiger partial charge is 0.255 e. The molecule has 90 valence electrons. The zero-order chi connectivity index (χ0) is 12.4. The number of rotatable bonds is 1. The molecule has 2 aromatic rings. The quantitative estimate of drug-likeness (QED) is 0.742. The van der Waals surface area contributed by atoms with E-state index in [0.29, 0.717) is 0 Å². The smallest absolute Gasteiger partial charge is 0.0694 e. The molecule has 3 rings (SSSR count). The van der Waals surface area contributed by atoms with E-state index in [-0.39, 0.29) is 0 Å². The fourth-order valence-corrected chi connectivity index (χ4v) is 2.82. The first-order valence-electron chi connectivity index (χ1n) is 6.23. The first kappa shape index (κ1) is 11.7. The van der Waals surface area contributed by atoms with Gasteiger partial charge in [-0.2, -0.15) is 0 Å². The Kier molecular flexibility index (Phi) is 3.28. The lowest BCUT2D eigenvalue weighted by atomic mass is 9.90. The molecular formula is C16H14BrN. The Bertz CT molecular complexity index is 587. The van der Waals surface area contributed by atoms with Crippen LogP contribution in [0.15, 0.2) is 47.1 Å². The van der Waals surface area contributed by atoms with Gasteiger partial charge in [-0.15, -0.1) is 0 Å². The highest BCUT2D eigenvalue weighted by Gasteiger charge is 2.15. The van der Waals surface area contributed by atoms with Crippen molar-refractivity contribution in [3.8, 4) is 0 Å².